The first kappa shape index (κ1) is 12.8. The SMILES string of the molecule is CS(=O)(=O)c1ccc(C2CC(=O)OC(=O)C2)cc1. The van der Waals surface area contributed by atoms with Gasteiger partial charge in [-0.05, 0) is 17.7 Å². The number of esters is 2. The molecule has 1 saturated heterocycles. The fourth-order valence-corrected chi connectivity index (χ4v) is 2.54. The smallest absolute Gasteiger partial charge is 0.314 e. The van der Waals surface area contributed by atoms with Crippen molar-refractivity contribution in [2.45, 2.75) is 23.7 Å². The van der Waals surface area contributed by atoms with Crippen molar-refractivity contribution in [1.82, 2.24) is 0 Å². The predicted molar refractivity (Wildman–Crippen MR) is 62.6 cm³/mol. The summed E-state index contributed by atoms with van der Waals surface area (Å²) in [5.41, 5.74) is 0.771. The predicted octanol–water partition coefficient (Wildman–Crippen LogP) is 1.04. The fraction of sp³-hybridized carbons (Fsp3) is 0.333. The van der Waals surface area contributed by atoms with Gasteiger partial charge in [0.2, 0.25) is 0 Å². The summed E-state index contributed by atoms with van der Waals surface area (Å²) in [4.78, 5) is 22.5. The molecule has 2 rings (SSSR count). The maximum atomic E-state index is 11.3. The van der Waals surface area contributed by atoms with E-state index in [9.17, 15) is 18.0 Å². The summed E-state index contributed by atoms with van der Waals surface area (Å²) in [6.45, 7) is 0. The second kappa shape index (κ2) is 4.53. The highest BCUT2D eigenvalue weighted by Crippen LogP contribution is 2.28. The van der Waals surface area contributed by atoms with Gasteiger partial charge in [0.15, 0.2) is 9.84 Å². The normalized spacial score (nSPS) is 17.6. The number of hydrogen-bond acceptors (Lipinski definition) is 5. The third kappa shape index (κ3) is 2.76. The first-order chi connectivity index (χ1) is 8.36. The van der Waals surface area contributed by atoms with E-state index in [0.29, 0.717) is 0 Å². The summed E-state index contributed by atoms with van der Waals surface area (Å²) in [5.74, 6) is -1.31. The number of carbonyl (C=O) groups is 2. The molecule has 0 aliphatic carbocycles. The number of ether oxygens (including phenoxy) is 1. The van der Waals surface area contributed by atoms with Crippen LogP contribution in [-0.2, 0) is 24.2 Å². The van der Waals surface area contributed by atoms with Crippen LogP contribution >= 0.6 is 0 Å². The zero-order chi connectivity index (χ0) is 13.3. The van der Waals surface area contributed by atoms with Crippen molar-refractivity contribution in [3.05, 3.63) is 29.8 Å². The van der Waals surface area contributed by atoms with Gasteiger partial charge in [-0.3, -0.25) is 9.59 Å². The van der Waals surface area contributed by atoms with E-state index in [4.69, 9.17) is 0 Å². The van der Waals surface area contributed by atoms with Crippen molar-refractivity contribution >= 4 is 21.8 Å². The van der Waals surface area contributed by atoms with Crippen molar-refractivity contribution < 1.29 is 22.7 Å². The van der Waals surface area contributed by atoms with Crippen LogP contribution in [0.1, 0.15) is 24.3 Å². The van der Waals surface area contributed by atoms with Crippen LogP contribution in [0.5, 0.6) is 0 Å². The molecule has 0 saturated carbocycles. The van der Waals surface area contributed by atoms with E-state index in [2.05, 4.69) is 4.74 Å². The minimum atomic E-state index is -3.23. The molecule has 0 unspecified atom stereocenters. The van der Waals surface area contributed by atoms with Crippen molar-refractivity contribution in [3.8, 4) is 0 Å². The van der Waals surface area contributed by atoms with Gasteiger partial charge >= 0.3 is 11.9 Å². The second-order valence-electron chi connectivity index (χ2n) is 4.29. The van der Waals surface area contributed by atoms with E-state index < -0.39 is 21.8 Å². The molecule has 0 spiro atoms. The minimum absolute atomic E-state index is 0.143. The average molecular weight is 268 g/mol. The molecule has 1 aromatic rings. The summed E-state index contributed by atoms with van der Waals surface area (Å²) in [6, 6.07) is 6.23. The highest BCUT2D eigenvalue weighted by atomic mass is 32.2. The molecule has 1 aliphatic rings. The largest absolute Gasteiger partial charge is 0.393 e. The van der Waals surface area contributed by atoms with E-state index in [1.165, 1.54) is 12.1 Å². The number of hydrogen-bond donors (Lipinski definition) is 0. The van der Waals surface area contributed by atoms with Gasteiger partial charge in [0, 0.05) is 12.2 Å². The molecule has 0 radical (unpaired) electrons. The number of benzene rings is 1. The molecule has 18 heavy (non-hydrogen) atoms. The van der Waals surface area contributed by atoms with Crippen LogP contribution in [0.2, 0.25) is 0 Å². The lowest BCUT2D eigenvalue weighted by Gasteiger charge is -2.20. The van der Waals surface area contributed by atoms with Gasteiger partial charge < -0.3 is 4.74 Å². The first-order valence-corrected chi connectivity index (χ1v) is 7.29. The summed E-state index contributed by atoms with van der Waals surface area (Å²) in [7, 11) is -3.23. The van der Waals surface area contributed by atoms with Gasteiger partial charge in [0.05, 0.1) is 17.7 Å². The summed E-state index contributed by atoms with van der Waals surface area (Å²) in [5, 5.41) is 0. The Kier molecular flexibility index (Phi) is 3.21. The number of cyclic esters (lactones) is 2. The maximum Gasteiger partial charge on any atom is 0.314 e. The van der Waals surface area contributed by atoms with Crippen molar-refractivity contribution in [1.29, 1.82) is 0 Å². The molecular weight excluding hydrogens is 256 g/mol. The third-order valence-electron chi connectivity index (χ3n) is 2.83. The highest BCUT2D eigenvalue weighted by Gasteiger charge is 2.28. The van der Waals surface area contributed by atoms with Crippen molar-refractivity contribution in [2.75, 3.05) is 6.26 Å². The van der Waals surface area contributed by atoms with Gasteiger partial charge in [0.1, 0.15) is 0 Å². The molecular formula is C12H12O5S. The van der Waals surface area contributed by atoms with E-state index in [0.717, 1.165) is 11.8 Å². The first-order valence-electron chi connectivity index (χ1n) is 5.40. The number of carbonyl (C=O) groups excluding carboxylic acids is 2. The lowest BCUT2D eigenvalue weighted by Crippen LogP contribution is -2.24. The van der Waals surface area contributed by atoms with Gasteiger partial charge in [-0.1, -0.05) is 12.1 Å². The lowest BCUT2D eigenvalue weighted by molar-refractivity contribution is -0.163. The lowest BCUT2D eigenvalue weighted by atomic mass is 9.91. The standard InChI is InChI=1S/C12H12O5S/c1-18(15,16)10-4-2-8(3-5-10)9-6-11(13)17-12(14)7-9/h2-5,9H,6-7H2,1H3. The highest BCUT2D eigenvalue weighted by molar-refractivity contribution is 7.90. The monoisotopic (exact) mass is 268 g/mol. The molecule has 5 nitrogen and oxygen atoms in total. The zero-order valence-corrected chi connectivity index (χ0v) is 10.6. The van der Waals surface area contributed by atoms with Crippen LogP contribution in [0.4, 0.5) is 0 Å². The van der Waals surface area contributed by atoms with Crippen LogP contribution in [-0.4, -0.2) is 26.6 Å². The molecule has 0 atom stereocenters. The third-order valence-corrected chi connectivity index (χ3v) is 3.96. The van der Waals surface area contributed by atoms with E-state index in [-0.39, 0.29) is 23.7 Å². The topological polar surface area (TPSA) is 77.5 Å². The van der Waals surface area contributed by atoms with E-state index in [1.54, 1.807) is 12.1 Å². The Morgan fingerprint density at radius 1 is 1.06 bits per heavy atom. The van der Waals surface area contributed by atoms with Gasteiger partial charge in [-0.25, -0.2) is 8.42 Å². The Morgan fingerprint density at radius 2 is 1.56 bits per heavy atom. The summed E-state index contributed by atoms with van der Waals surface area (Å²) in [6.07, 6.45) is 1.41. The molecule has 96 valence electrons. The zero-order valence-electron chi connectivity index (χ0n) is 9.75. The molecule has 0 N–H and O–H groups in total. The molecule has 6 heteroatoms. The molecule has 0 amide bonds. The number of sulfone groups is 1. The molecule has 1 heterocycles. The van der Waals surface area contributed by atoms with Crippen molar-refractivity contribution in [2.24, 2.45) is 0 Å². The Morgan fingerprint density at radius 3 is 2.00 bits per heavy atom. The van der Waals surface area contributed by atoms with Crippen molar-refractivity contribution in [3.63, 3.8) is 0 Å². The Bertz CT molecular complexity index is 569. The summed E-state index contributed by atoms with van der Waals surface area (Å²) >= 11 is 0. The van der Waals surface area contributed by atoms with Crippen LogP contribution in [0.15, 0.2) is 29.2 Å². The van der Waals surface area contributed by atoms with Crippen LogP contribution in [0.3, 0.4) is 0 Å². The Balaban J connectivity index is 2.24. The Hall–Kier alpha value is -1.69. The second-order valence-corrected chi connectivity index (χ2v) is 6.31. The van der Waals surface area contributed by atoms with E-state index >= 15 is 0 Å². The maximum absolute atomic E-state index is 11.3. The number of rotatable bonds is 2. The van der Waals surface area contributed by atoms with Crippen LogP contribution in [0.25, 0.3) is 0 Å². The molecule has 1 fully saturated rings. The van der Waals surface area contributed by atoms with Gasteiger partial charge in [0.25, 0.3) is 0 Å². The molecule has 1 aromatic carbocycles. The fourth-order valence-electron chi connectivity index (χ4n) is 1.91. The minimum Gasteiger partial charge on any atom is -0.393 e. The van der Waals surface area contributed by atoms with Gasteiger partial charge in [-0.2, -0.15) is 0 Å². The summed E-state index contributed by atoms with van der Waals surface area (Å²) < 4.78 is 27.0. The van der Waals surface area contributed by atoms with Crippen LogP contribution < -0.4 is 0 Å². The van der Waals surface area contributed by atoms with Crippen LogP contribution in [0, 0.1) is 0 Å². The van der Waals surface area contributed by atoms with E-state index in [1.807, 2.05) is 0 Å². The average Bonchev–Trinajstić information content (AvgIpc) is 2.27. The van der Waals surface area contributed by atoms with Gasteiger partial charge in [-0.15, -0.1) is 0 Å². The molecule has 0 bridgehead atoms. The Labute approximate surface area is 105 Å². The molecule has 1 aliphatic heterocycles. The quantitative estimate of drug-likeness (QED) is 0.591. The molecule has 0 aromatic heterocycles.